The van der Waals surface area contributed by atoms with Crippen molar-refractivity contribution in [2.45, 2.75) is 25.4 Å². The standard InChI is InChI=1S/C18H19FN4O/c19-15-11-21-23-10-2-3-14(18(15)23)12-24-17-5-1-4-16(22-17)13-6-8-20-9-7-13/h1-5,10-11,13,20H,6-9,12H2. The second kappa shape index (κ2) is 6.57. The summed E-state index contributed by atoms with van der Waals surface area (Å²) in [5.74, 6) is 0.712. The molecule has 6 heteroatoms. The van der Waals surface area contributed by atoms with E-state index in [-0.39, 0.29) is 12.4 Å². The van der Waals surface area contributed by atoms with Crippen LogP contribution in [0.1, 0.15) is 30.0 Å². The highest BCUT2D eigenvalue weighted by atomic mass is 19.1. The normalized spacial score (nSPS) is 15.7. The van der Waals surface area contributed by atoms with Crippen molar-refractivity contribution >= 4 is 5.52 Å². The Morgan fingerprint density at radius 1 is 1.21 bits per heavy atom. The zero-order chi connectivity index (χ0) is 16.4. The van der Waals surface area contributed by atoms with E-state index in [0.717, 1.165) is 37.2 Å². The van der Waals surface area contributed by atoms with Crippen LogP contribution in [0.3, 0.4) is 0 Å². The van der Waals surface area contributed by atoms with E-state index >= 15 is 0 Å². The van der Waals surface area contributed by atoms with Crippen molar-refractivity contribution in [2.75, 3.05) is 13.1 Å². The van der Waals surface area contributed by atoms with Crippen LogP contribution in [0.15, 0.2) is 42.7 Å². The van der Waals surface area contributed by atoms with E-state index in [1.807, 2.05) is 24.3 Å². The van der Waals surface area contributed by atoms with Gasteiger partial charge in [0.15, 0.2) is 5.82 Å². The molecule has 0 atom stereocenters. The summed E-state index contributed by atoms with van der Waals surface area (Å²) < 4.78 is 21.2. The van der Waals surface area contributed by atoms with Crippen LogP contribution < -0.4 is 10.1 Å². The number of piperidine rings is 1. The Morgan fingerprint density at radius 3 is 2.96 bits per heavy atom. The molecule has 0 saturated carbocycles. The molecule has 1 fully saturated rings. The molecule has 1 saturated heterocycles. The van der Waals surface area contributed by atoms with E-state index in [0.29, 0.717) is 17.3 Å². The number of hydrogen-bond acceptors (Lipinski definition) is 4. The Kier molecular flexibility index (Phi) is 4.13. The van der Waals surface area contributed by atoms with Crippen LogP contribution >= 0.6 is 0 Å². The van der Waals surface area contributed by atoms with Crippen LogP contribution in [-0.4, -0.2) is 27.7 Å². The van der Waals surface area contributed by atoms with Crippen molar-refractivity contribution in [2.24, 2.45) is 0 Å². The van der Waals surface area contributed by atoms with Crippen molar-refractivity contribution in [3.63, 3.8) is 0 Å². The van der Waals surface area contributed by atoms with Crippen molar-refractivity contribution in [3.05, 3.63) is 59.8 Å². The number of aromatic nitrogens is 3. The van der Waals surface area contributed by atoms with Gasteiger partial charge in [-0.15, -0.1) is 0 Å². The van der Waals surface area contributed by atoms with Gasteiger partial charge in [0, 0.05) is 29.4 Å². The lowest BCUT2D eigenvalue weighted by atomic mass is 9.94. The molecule has 0 aliphatic carbocycles. The third kappa shape index (κ3) is 2.97. The number of ether oxygens (including phenoxy) is 1. The summed E-state index contributed by atoms with van der Waals surface area (Å²) >= 11 is 0. The minimum Gasteiger partial charge on any atom is -0.473 e. The SMILES string of the molecule is Fc1cnn2cccc(COc3cccc(C4CCNCC4)n3)c12. The maximum atomic E-state index is 13.9. The Hall–Kier alpha value is -2.47. The van der Waals surface area contributed by atoms with Gasteiger partial charge in [-0.1, -0.05) is 12.1 Å². The van der Waals surface area contributed by atoms with Gasteiger partial charge in [0.1, 0.15) is 12.1 Å². The predicted molar refractivity (Wildman–Crippen MR) is 88.6 cm³/mol. The summed E-state index contributed by atoms with van der Waals surface area (Å²) in [6, 6.07) is 9.55. The first-order valence-electron chi connectivity index (χ1n) is 8.22. The highest BCUT2D eigenvalue weighted by Crippen LogP contribution is 2.25. The van der Waals surface area contributed by atoms with Crippen molar-refractivity contribution < 1.29 is 9.13 Å². The number of fused-ring (bicyclic) bond motifs is 1. The molecule has 3 aromatic heterocycles. The lowest BCUT2D eigenvalue weighted by Gasteiger charge is -2.22. The molecule has 0 radical (unpaired) electrons. The van der Waals surface area contributed by atoms with Crippen LogP contribution in [-0.2, 0) is 6.61 Å². The Balaban J connectivity index is 1.52. The average Bonchev–Trinajstić information content (AvgIpc) is 3.03. The van der Waals surface area contributed by atoms with E-state index < -0.39 is 0 Å². The van der Waals surface area contributed by atoms with Gasteiger partial charge >= 0.3 is 0 Å². The molecule has 1 aliphatic rings. The van der Waals surface area contributed by atoms with Crippen molar-refractivity contribution in [1.29, 1.82) is 0 Å². The van der Waals surface area contributed by atoms with E-state index in [4.69, 9.17) is 4.74 Å². The Bertz CT molecular complexity index is 842. The third-order valence-corrected chi connectivity index (χ3v) is 4.46. The molecular weight excluding hydrogens is 307 g/mol. The van der Waals surface area contributed by atoms with Gasteiger partial charge in [0.2, 0.25) is 5.88 Å². The van der Waals surface area contributed by atoms with Gasteiger partial charge in [-0.3, -0.25) is 0 Å². The fourth-order valence-electron chi connectivity index (χ4n) is 3.20. The summed E-state index contributed by atoms with van der Waals surface area (Å²) in [6.07, 6.45) is 5.13. The zero-order valence-corrected chi connectivity index (χ0v) is 13.3. The summed E-state index contributed by atoms with van der Waals surface area (Å²) in [7, 11) is 0. The topological polar surface area (TPSA) is 51.5 Å². The molecular formula is C18H19FN4O. The lowest BCUT2D eigenvalue weighted by Crippen LogP contribution is -2.27. The Labute approximate surface area is 139 Å². The predicted octanol–water partition coefficient (Wildman–Crippen LogP) is 2.91. The minimum atomic E-state index is -0.342. The molecule has 1 aliphatic heterocycles. The maximum absolute atomic E-state index is 13.9. The monoisotopic (exact) mass is 326 g/mol. The maximum Gasteiger partial charge on any atom is 0.213 e. The molecule has 0 spiro atoms. The molecule has 0 aromatic carbocycles. The molecule has 1 N–H and O–H groups in total. The molecule has 3 aromatic rings. The molecule has 4 heterocycles. The van der Waals surface area contributed by atoms with Gasteiger partial charge in [-0.25, -0.2) is 13.9 Å². The van der Waals surface area contributed by atoms with Crippen LogP contribution in [0, 0.1) is 5.82 Å². The van der Waals surface area contributed by atoms with Crippen LogP contribution in [0.5, 0.6) is 5.88 Å². The molecule has 0 unspecified atom stereocenters. The van der Waals surface area contributed by atoms with Crippen molar-refractivity contribution in [3.8, 4) is 5.88 Å². The fraction of sp³-hybridized carbons (Fsp3) is 0.333. The number of rotatable bonds is 4. The smallest absolute Gasteiger partial charge is 0.213 e. The molecule has 5 nitrogen and oxygen atoms in total. The number of halogens is 1. The van der Waals surface area contributed by atoms with Gasteiger partial charge in [0.25, 0.3) is 0 Å². The van der Waals surface area contributed by atoms with E-state index in [2.05, 4.69) is 21.5 Å². The molecule has 0 bridgehead atoms. The quantitative estimate of drug-likeness (QED) is 0.801. The molecule has 24 heavy (non-hydrogen) atoms. The number of pyridine rings is 2. The van der Waals surface area contributed by atoms with Crippen LogP contribution in [0.25, 0.3) is 5.52 Å². The summed E-state index contributed by atoms with van der Waals surface area (Å²) in [5, 5.41) is 7.34. The number of hydrogen-bond donors (Lipinski definition) is 1. The highest BCUT2D eigenvalue weighted by molar-refractivity contribution is 5.54. The summed E-state index contributed by atoms with van der Waals surface area (Å²) in [6.45, 7) is 2.31. The second-order valence-electron chi connectivity index (χ2n) is 6.03. The Morgan fingerprint density at radius 2 is 2.08 bits per heavy atom. The first kappa shape index (κ1) is 15.1. The molecule has 4 rings (SSSR count). The fourth-order valence-corrected chi connectivity index (χ4v) is 3.20. The zero-order valence-electron chi connectivity index (χ0n) is 13.3. The van der Waals surface area contributed by atoms with Crippen LogP contribution in [0.2, 0.25) is 0 Å². The van der Waals surface area contributed by atoms with Crippen LogP contribution in [0.4, 0.5) is 4.39 Å². The molecule has 124 valence electrons. The number of nitrogens with zero attached hydrogens (tertiary/aromatic N) is 3. The number of nitrogens with one attached hydrogen (secondary N) is 1. The largest absolute Gasteiger partial charge is 0.473 e. The third-order valence-electron chi connectivity index (χ3n) is 4.46. The van der Waals surface area contributed by atoms with E-state index in [1.54, 1.807) is 6.20 Å². The van der Waals surface area contributed by atoms with Crippen molar-refractivity contribution in [1.82, 2.24) is 19.9 Å². The van der Waals surface area contributed by atoms with E-state index in [9.17, 15) is 4.39 Å². The average molecular weight is 326 g/mol. The van der Waals surface area contributed by atoms with Gasteiger partial charge in [-0.05, 0) is 38.1 Å². The lowest BCUT2D eigenvalue weighted by molar-refractivity contribution is 0.292. The molecule has 0 amide bonds. The summed E-state index contributed by atoms with van der Waals surface area (Å²) in [4.78, 5) is 4.64. The van der Waals surface area contributed by atoms with Gasteiger partial charge < -0.3 is 10.1 Å². The highest BCUT2D eigenvalue weighted by Gasteiger charge is 2.17. The van der Waals surface area contributed by atoms with Gasteiger partial charge in [-0.2, -0.15) is 5.10 Å². The second-order valence-corrected chi connectivity index (χ2v) is 6.03. The van der Waals surface area contributed by atoms with E-state index in [1.165, 1.54) is 10.7 Å². The summed E-state index contributed by atoms with van der Waals surface area (Å²) in [5.41, 5.74) is 2.27. The first-order valence-corrected chi connectivity index (χ1v) is 8.22. The first-order chi connectivity index (χ1) is 11.8. The minimum absolute atomic E-state index is 0.260. The van der Waals surface area contributed by atoms with Gasteiger partial charge in [0.05, 0.1) is 6.20 Å².